The highest BCUT2D eigenvalue weighted by Crippen LogP contribution is 2.36. The van der Waals surface area contributed by atoms with Gasteiger partial charge in [0.2, 0.25) is 0 Å². The molecule has 0 saturated carbocycles. The molecule has 0 fully saturated rings. The fourth-order valence-corrected chi connectivity index (χ4v) is 3.10. The molecule has 0 atom stereocenters. The summed E-state index contributed by atoms with van der Waals surface area (Å²) in [5, 5.41) is 0. The lowest BCUT2D eigenvalue weighted by Gasteiger charge is -2.17. The summed E-state index contributed by atoms with van der Waals surface area (Å²) in [4.78, 5) is 0. The van der Waals surface area contributed by atoms with E-state index >= 15 is 0 Å². The van der Waals surface area contributed by atoms with Gasteiger partial charge in [0.1, 0.15) is 11.5 Å². The van der Waals surface area contributed by atoms with E-state index in [0.29, 0.717) is 0 Å². The third-order valence-corrected chi connectivity index (χ3v) is 4.21. The first-order valence-electron chi connectivity index (χ1n) is 7.21. The van der Waals surface area contributed by atoms with Gasteiger partial charge < -0.3 is 9.47 Å². The number of hydrogen-bond acceptors (Lipinski definition) is 2. The van der Waals surface area contributed by atoms with Gasteiger partial charge in [-0.15, -0.1) is 0 Å². The van der Waals surface area contributed by atoms with Crippen molar-refractivity contribution in [3.05, 3.63) is 46.0 Å². The first kappa shape index (κ1) is 15.4. The lowest BCUT2D eigenvalue weighted by atomic mass is 9.91. The van der Waals surface area contributed by atoms with Crippen LogP contribution in [0, 0.1) is 34.6 Å². The molecule has 0 bridgehead atoms. The van der Waals surface area contributed by atoms with Crippen molar-refractivity contribution >= 4 is 0 Å². The van der Waals surface area contributed by atoms with E-state index in [-0.39, 0.29) is 0 Å². The number of methoxy groups -OCH3 is 2. The molecule has 0 amide bonds. The predicted octanol–water partition coefficient (Wildman–Crippen LogP) is 4.91. The largest absolute Gasteiger partial charge is 0.496 e. The van der Waals surface area contributed by atoms with Crippen molar-refractivity contribution in [3.8, 4) is 22.6 Å². The van der Waals surface area contributed by atoms with E-state index in [0.717, 1.165) is 22.6 Å². The molecule has 2 aromatic carbocycles. The molecule has 112 valence electrons. The van der Waals surface area contributed by atoms with E-state index in [4.69, 9.17) is 9.47 Å². The highest BCUT2D eigenvalue weighted by Gasteiger charge is 2.14. The number of benzene rings is 2. The Morgan fingerprint density at radius 3 is 1.57 bits per heavy atom. The molecular weight excluding hydrogens is 260 g/mol. The van der Waals surface area contributed by atoms with Crippen LogP contribution in [0.3, 0.4) is 0 Å². The number of rotatable bonds is 3. The van der Waals surface area contributed by atoms with E-state index in [9.17, 15) is 0 Å². The summed E-state index contributed by atoms with van der Waals surface area (Å²) in [6.07, 6.45) is 0. The monoisotopic (exact) mass is 284 g/mol. The fraction of sp³-hybridized carbons (Fsp3) is 0.368. The second kappa shape index (κ2) is 5.80. The van der Waals surface area contributed by atoms with Crippen LogP contribution in [0.25, 0.3) is 11.1 Å². The van der Waals surface area contributed by atoms with E-state index in [1.54, 1.807) is 14.2 Å². The molecule has 0 unspecified atom stereocenters. The fourth-order valence-electron chi connectivity index (χ4n) is 3.10. The number of hydrogen-bond donors (Lipinski definition) is 0. The van der Waals surface area contributed by atoms with Crippen molar-refractivity contribution in [2.24, 2.45) is 0 Å². The van der Waals surface area contributed by atoms with Crippen molar-refractivity contribution in [1.29, 1.82) is 0 Å². The van der Waals surface area contributed by atoms with E-state index < -0.39 is 0 Å². The molecule has 0 radical (unpaired) electrons. The van der Waals surface area contributed by atoms with E-state index in [2.05, 4.69) is 52.8 Å². The molecule has 21 heavy (non-hydrogen) atoms. The molecule has 0 spiro atoms. The standard InChI is InChI=1S/C19H24O2/c1-11-8-16(9-12(2)18(11)20-6)17-10-13(3)19(21-7)15(5)14(17)4/h8-10H,1-7H3. The Morgan fingerprint density at radius 1 is 0.619 bits per heavy atom. The molecule has 0 saturated heterocycles. The third kappa shape index (κ3) is 2.63. The maximum absolute atomic E-state index is 5.51. The number of aryl methyl sites for hydroxylation is 3. The Labute approximate surface area is 127 Å². The summed E-state index contributed by atoms with van der Waals surface area (Å²) in [5.74, 6) is 1.96. The van der Waals surface area contributed by atoms with Gasteiger partial charge in [0.15, 0.2) is 0 Å². The van der Waals surface area contributed by atoms with Gasteiger partial charge in [0, 0.05) is 0 Å². The normalized spacial score (nSPS) is 10.6. The van der Waals surface area contributed by atoms with Gasteiger partial charge in [-0.3, -0.25) is 0 Å². The minimum absolute atomic E-state index is 0.971. The van der Waals surface area contributed by atoms with Crippen molar-refractivity contribution in [3.63, 3.8) is 0 Å². The van der Waals surface area contributed by atoms with E-state index in [1.807, 2.05) is 0 Å². The van der Waals surface area contributed by atoms with Gasteiger partial charge in [-0.25, -0.2) is 0 Å². The Hall–Kier alpha value is -1.96. The van der Waals surface area contributed by atoms with Gasteiger partial charge in [-0.2, -0.15) is 0 Å². The maximum atomic E-state index is 5.51. The van der Waals surface area contributed by atoms with Crippen LogP contribution in [0.5, 0.6) is 11.5 Å². The van der Waals surface area contributed by atoms with Crippen LogP contribution < -0.4 is 9.47 Å². The SMILES string of the molecule is COc1c(C)cc(-c2cc(C)c(OC)c(C)c2C)cc1C. The Balaban J connectivity index is 2.68. The molecule has 0 aliphatic rings. The van der Waals surface area contributed by atoms with Crippen LogP contribution in [-0.2, 0) is 0 Å². The zero-order chi connectivity index (χ0) is 15.7. The Bertz CT molecular complexity index is 661. The lowest BCUT2D eigenvalue weighted by Crippen LogP contribution is -1.98. The van der Waals surface area contributed by atoms with Crippen LogP contribution in [-0.4, -0.2) is 14.2 Å². The zero-order valence-corrected chi connectivity index (χ0v) is 14.0. The molecule has 0 aliphatic heterocycles. The quantitative estimate of drug-likeness (QED) is 0.797. The lowest BCUT2D eigenvalue weighted by molar-refractivity contribution is 0.408. The maximum Gasteiger partial charge on any atom is 0.124 e. The van der Waals surface area contributed by atoms with Crippen molar-refractivity contribution in [2.45, 2.75) is 34.6 Å². The number of ether oxygens (including phenoxy) is 2. The molecule has 2 aromatic rings. The average Bonchev–Trinajstić information content (AvgIpc) is 2.43. The predicted molar refractivity (Wildman–Crippen MR) is 88.7 cm³/mol. The Morgan fingerprint density at radius 2 is 1.10 bits per heavy atom. The second-order valence-electron chi connectivity index (χ2n) is 5.67. The summed E-state index contributed by atoms with van der Waals surface area (Å²) in [6, 6.07) is 6.60. The van der Waals surface area contributed by atoms with Gasteiger partial charge >= 0.3 is 0 Å². The first-order valence-corrected chi connectivity index (χ1v) is 7.21. The molecular formula is C19H24O2. The van der Waals surface area contributed by atoms with Crippen molar-refractivity contribution < 1.29 is 9.47 Å². The average molecular weight is 284 g/mol. The highest BCUT2D eigenvalue weighted by atomic mass is 16.5. The van der Waals surface area contributed by atoms with E-state index in [1.165, 1.54) is 27.8 Å². The second-order valence-corrected chi connectivity index (χ2v) is 5.67. The van der Waals surface area contributed by atoms with Crippen LogP contribution in [0.1, 0.15) is 27.8 Å². The van der Waals surface area contributed by atoms with Gasteiger partial charge in [-0.1, -0.05) is 0 Å². The van der Waals surface area contributed by atoms with Crippen LogP contribution in [0.2, 0.25) is 0 Å². The van der Waals surface area contributed by atoms with Gasteiger partial charge in [0.05, 0.1) is 14.2 Å². The minimum Gasteiger partial charge on any atom is -0.496 e. The van der Waals surface area contributed by atoms with Crippen LogP contribution in [0.4, 0.5) is 0 Å². The molecule has 0 aromatic heterocycles. The van der Waals surface area contributed by atoms with Gasteiger partial charge in [-0.05, 0) is 91.8 Å². The van der Waals surface area contributed by atoms with Crippen molar-refractivity contribution in [2.75, 3.05) is 14.2 Å². The molecule has 0 heterocycles. The summed E-state index contributed by atoms with van der Waals surface area (Å²) in [5.41, 5.74) is 8.47. The third-order valence-electron chi connectivity index (χ3n) is 4.21. The summed E-state index contributed by atoms with van der Waals surface area (Å²) >= 11 is 0. The smallest absolute Gasteiger partial charge is 0.124 e. The molecule has 2 nitrogen and oxygen atoms in total. The minimum atomic E-state index is 0.971. The molecule has 0 aliphatic carbocycles. The topological polar surface area (TPSA) is 18.5 Å². The summed E-state index contributed by atoms with van der Waals surface area (Å²) in [6.45, 7) is 10.6. The molecule has 2 rings (SSSR count). The molecule has 2 heteroatoms. The highest BCUT2D eigenvalue weighted by molar-refractivity contribution is 5.74. The first-order chi connectivity index (χ1) is 9.90. The Kier molecular flexibility index (Phi) is 4.26. The summed E-state index contributed by atoms with van der Waals surface area (Å²) in [7, 11) is 3.46. The van der Waals surface area contributed by atoms with Gasteiger partial charge in [0.25, 0.3) is 0 Å². The van der Waals surface area contributed by atoms with Crippen LogP contribution in [0.15, 0.2) is 18.2 Å². The van der Waals surface area contributed by atoms with Crippen LogP contribution >= 0.6 is 0 Å². The molecule has 0 N–H and O–H groups in total. The summed E-state index contributed by atoms with van der Waals surface area (Å²) < 4.78 is 11.0. The van der Waals surface area contributed by atoms with Crippen molar-refractivity contribution in [1.82, 2.24) is 0 Å². The zero-order valence-electron chi connectivity index (χ0n) is 14.0.